The van der Waals surface area contributed by atoms with Gasteiger partial charge in [-0.3, -0.25) is 4.79 Å². The van der Waals surface area contributed by atoms with E-state index in [0.29, 0.717) is 6.61 Å². The Hall–Kier alpha value is -2.33. The van der Waals surface area contributed by atoms with Gasteiger partial charge < -0.3 is 15.6 Å². The van der Waals surface area contributed by atoms with E-state index >= 15 is 0 Å². The number of carbonyl (C=O) groups is 1. The predicted molar refractivity (Wildman–Crippen MR) is 81.2 cm³/mol. The van der Waals surface area contributed by atoms with Gasteiger partial charge in [0.2, 0.25) is 0 Å². The van der Waals surface area contributed by atoms with E-state index in [-0.39, 0.29) is 12.5 Å². The lowest BCUT2D eigenvalue weighted by molar-refractivity contribution is -0.136. The highest BCUT2D eigenvalue weighted by molar-refractivity contribution is 5.70. The lowest BCUT2D eigenvalue weighted by Gasteiger charge is -2.12. The van der Waals surface area contributed by atoms with Crippen molar-refractivity contribution < 1.29 is 14.6 Å². The van der Waals surface area contributed by atoms with Crippen LogP contribution in [0.15, 0.2) is 48.5 Å². The van der Waals surface area contributed by atoms with E-state index in [0.717, 1.165) is 22.4 Å². The molecule has 1 unspecified atom stereocenters. The summed E-state index contributed by atoms with van der Waals surface area (Å²) >= 11 is 0. The molecule has 3 N–H and O–H groups in total. The van der Waals surface area contributed by atoms with E-state index in [1.54, 1.807) is 0 Å². The number of carboxylic acids is 1. The molecular formula is C17H19NO3. The van der Waals surface area contributed by atoms with Gasteiger partial charge in [0, 0.05) is 6.04 Å². The Morgan fingerprint density at radius 2 is 1.90 bits per heavy atom. The van der Waals surface area contributed by atoms with Crippen LogP contribution in [0, 0.1) is 0 Å². The zero-order chi connectivity index (χ0) is 15.2. The van der Waals surface area contributed by atoms with Crippen LogP contribution in [0.4, 0.5) is 0 Å². The van der Waals surface area contributed by atoms with E-state index in [1.165, 1.54) is 0 Å². The SMILES string of the molecule is CC(N)c1cccc(OCc2ccccc2CC(=O)O)c1. The minimum absolute atomic E-state index is 0.000588. The first-order valence-electron chi connectivity index (χ1n) is 6.83. The van der Waals surface area contributed by atoms with E-state index in [2.05, 4.69) is 0 Å². The number of carboxylic acid groups (broad SMARTS) is 1. The molecule has 0 aromatic heterocycles. The maximum absolute atomic E-state index is 10.9. The molecule has 0 aliphatic rings. The first-order valence-corrected chi connectivity index (χ1v) is 6.83. The van der Waals surface area contributed by atoms with Crippen LogP contribution < -0.4 is 10.5 Å². The van der Waals surface area contributed by atoms with Crippen molar-refractivity contribution in [1.82, 2.24) is 0 Å². The fourth-order valence-corrected chi connectivity index (χ4v) is 2.08. The molecule has 0 bridgehead atoms. The lowest BCUT2D eigenvalue weighted by atomic mass is 10.1. The summed E-state index contributed by atoms with van der Waals surface area (Å²) in [7, 11) is 0. The van der Waals surface area contributed by atoms with Crippen LogP contribution in [0.2, 0.25) is 0 Å². The second kappa shape index (κ2) is 6.90. The summed E-state index contributed by atoms with van der Waals surface area (Å²) < 4.78 is 5.76. The Balaban J connectivity index is 2.09. The van der Waals surface area contributed by atoms with Crippen molar-refractivity contribution in [3.63, 3.8) is 0 Å². The van der Waals surface area contributed by atoms with E-state index < -0.39 is 5.97 Å². The maximum atomic E-state index is 10.9. The number of aliphatic carboxylic acids is 1. The monoisotopic (exact) mass is 285 g/mol. The molecule has 0 amide bonds. The van der Waals surface area contributed by atoms with Gasteiger partial charge in [-0.05, 0) is 35.7 Å². The van der Waals surface area contributed by atoms with Gasteiger partial charge in [0.1, 0.15) is 12.4 Å². The first kappa shape index (κ1) is 15.1. The van der Waals surface area contributed by atoms with Crippen molar-refractivity contribution in [2.75, 3.05) is 0 Å². The lowest BCUT2D eigenvalue weighted by Crippen LogP contribution is -2.07. The Bertz CT molecular complexity index is 623. The minimum Gasteiger partial charge on any atom is -0.489 e. The van der Waals surface area contributed by atoms with Crippen molar-refractivity contribution in [2.24, 2.45) is 5.73 Å². The van der Waals surface area contributed by atoms with Crippen LogP contribution in [-0.4, -0.2) is 11.1 Å². The van der Waals surface area contributed by atoms with Gasteiger partial charge in [0.05, 0.1) is 6.42 Å². The molecule has 2 aromatic carbocycles. The second-order valence-corrected chi connectivity index (χ2v) is 4.99. The average molecular weight is 285 g/mol. The predicted octanol–water partition coefficient (Wildman–Crippen LogP) is 2.91. The van der Waals surface area contributed by atoms with Gasteiger partial charge >= 0.3 is 5.97 Å². The van der Waals surface area contributed by atoms with Crippen LogP contribution in [0.3, 0.4) is 0 Å². The van der Waals surface area contributed by atoms with E-state index in [1.807, 2.05) is 55.5 Å². The third-order valence-corrected chi connectivity index (χ3v) is 3.24. The molecule has 2 aromatic rings. The van der Waals surface area contributed by atoms with E-state index in [9.17, 15) is 4.79 Å². The van der Waals surface area contributed by atoms with Gasteiger partial charge in [0.25, 0.3) is 0 Å². The Morgan fingerprint density at radius 3 is 2.57 bits per heavy atom. The molecule has 2 rings (SSSR count). The highest BCUT2D eigenvalue weighted by atomic mass is 16.5. The van der Waals surface area contributed by atoms with Crippen molar-refractivity contribution in [3.8, 4) is 5.75 Å². The fourth-order valence-electron chi connectivity index (χ4n) is 2.08. The largest absolute Gasteiger partial charge is 0.489 e. The highest BCUT2D eigenvalue weighted by Gasteiger charge is 2.07. The summed E-state index contributed by atoms with van der Waals surface area (Å²) in [5.74, 6) is -0.115. The molecule has 1 atom stereocenters. The topological polar surface area (TPSA) is 72.5 Å². The maximum Gasteiger partial charge on any atom is 0.307 e. The zero-order valence-electron chi connectivity index (χ0n) is 12.0. The third kappa shape index (κ3) is 4.33. The normalized spacial score (nSPS) is 11.9. The van der Waals surface area contributed by atoms with Crippen LogP contribution in [0.5, 0.6) is 5.75 Å². The standard InChI is InChI=1S/C17H19NO3/c1-12(18)13-7-4-8-16(9-13)21-11-15-6-3-2-5-14(15)10-17(19)20/h2-9,12H,10-11,18H2,1H3,(H,19,20). The molecule has 4 heteroatoms. The molecule has 0 aliphatic heterocycles. The average Bonchev–Trinajstić information content (AvgIpc) is 2.46. The molecule has 0 heterocycles. The van der Waals surface area contributed by atoms with Crippen molar-refractivity contribution in [2.45, 2.75) is 26.0 Å². The summed E-state index contributed by atoms with van der Waals surface area (Å²) in [6, 6.07) is 15.0. The Labute approximate surface area is 124 Å². The van der Waals surface area contributed by atoms with Crippen molar-refractivity contribution in [1.29, 1.82) is 0 Å². The number of hydrogen-bond acceptors (Lipinski definition) is 3. The number of benzene rings is 2. The fraction of sp³-hybridized carbons (Fsp3) is 0.235. The Morgan fingerprint density at radius 1 is 1.19 bits per heavy atom. The zero-order valence-corrected chi connectivity index (χ0v) is 12.0. The molecule has 0 spiro atoms. The molecule has 4 nitrogen and oxygen atoms in total. The summed E-state index contributed by atoms with van der Waals surface area (Å²) in [6.45, 7) is 2.26. The molecule has 110 valence electrons. The van der Waals surface area contributed by atoms with Gasteiger partial charge in [-0.25, -0.2) is 0 Å². The quantitative estimate of drug-likeness (QED) is 0.856. The molecule has 21 heavy (non-hydrogen) atoms. The summed E-state index contributed by atoms with van der Waals surface area (Å²) in [5.41, 5.74) is 8.51. The smallest absolute Gasteiger partial charge is 0.307 e. The van der Waals surface area contributed by atoms with Crippen molar-refractivity contribution in [3.05, 3.63) is 65.2 Å². The number of nitrogens with two attached hydrogens (primary N) is 1. The summed E-state index contributed by atoms with van der Waals surface area (Å²) in [4.78, 5) is 10.9. The summed E-state index contributed by atoms with van der Waals surface area (Å²) in [5, 5.41) is 8.92. The molecular weight excluding hydrogens is 266 g/mol. The van der Waals surface area contributed by atoms with Crippen LogP contribution in [0.1, 0.15) is 29.7 Å². The number of ether oxygens (including phenoxy) is 1. The highest BCUT2D eigenvalue weighted by Crippen LogP contribution is 2.19. The van der Waals surface area contributed by atoms with Gasteiger partial charge in [-0.2, -0.15) is 0 Å². The van der Waals surface area contributed by atoms with E-state index in [4.69, 9.17) is 15.6 Å². The molecule has 0 radical (unpaired) electrons. The van der Waals surface area contributed by atoms with Crippen LogP contribution in [0.25, 0.3) is 0 Å². The first-order chi connectivity index (χ1) is 10.1. The molecule has 0 fully saturated rings. The third-order valence-electron chi connectivity index (χ3n) is 3.24. The van der Waals surface area contributed by atoms with Gasteiger partial charge in [-0.1, -0.05) is 36.4 Å². The molecule has 0 aliphatic carbocycles. The van der Waals surface area contributed by atoms with Crippen molar-refractivity contribution >= 4 is 5.97 Å². The summed E-state index contributed by atoms with van der Waals surface area (Å²) in [6.07, 6.45) is -0.000588. The number of rotatable bonds is 6. The minimum atomic E-state index is -0.846. The molecule has 0 saturated carbocycles. The number of hydrogen-bond donors (Lipinski definition) is 2. The second-order valence-electron chi connectivity index (χ2n) is 4.99. The molecule has 0 saturated heterocycles. The van der Waals surface area contributed by atoms with Gasteiger partial charge in [-0.15, -0.1) is 0 Å². The van der Waals surface area contributed by atoms with Gasteiger partial charge in [0.15, 0.2) is 0 Å². The van der Waals surface area contributed by atoms with Crippen LogP contribution in [-0.2, 0) is 17.8 Å². The Kier molecular flexibility index (Phi) is 4.95. The van der Waals surface area contributed by atoms with Crippen LogP contribution >= 0.6 is 0 Å².